The van der Waals surface area contributed by atoms with Crippen molar-refractivity contribution in [2.75, 3.05) is 0 Å². The van der Waals surface area contributed by atoms with E-state index in [4.69, 9.17) is 31.9 Å². The van der Waals surface area contributed by atoms with Gasteiger partial charge in [-0.15, -0.1) is 0 Å². The van der Waals surface area contributed by atoms with Gasteiger partial charge in [0.2, 0.25) is 0 Å². The summed E-state index contributed by atoms with van der Waals surface area (Å²) in [5.41, 5.74) is 10.0. The molecule has 0 aliphatic rings. The van der Waals surface area contributed by atoms with Gasteiger partial charge in [0, 0.05) is 12.8 Å². The normalized spacial score (nSPS) is 11.4. The molecule has 0 aliphatic carbocycles. The van der Waals surface area contributed by atoms with E-state index in [9.17, 15) is 19.2 Å². The van der Waals surface area contributed by atoms with Gasteiger partial charge < -0.3 is 44.2 Å². The van der Waals surface area contributed by atoms with Crippen LogP contribution in [0.3, 0.4) is 0 Å². The highest BCUT2D eigenvalue weighted by molar-refractivity contribution is 5.75. The molecule has 0 amide bonds. The number of hydrogen-bond donors (Lipinski definition) is 8. The molecule has 12 heteroatoms. The molecule has 0 radical (unpaired) electrons. The molecule has 14 N–H and O–H groups in total. The van der Waals surface area contributed by atoms with E-state index in [-0.39, 0.29) is 38.0 Å². The van der Waals surface area contributed by atoms with Crippen molar-refractivity contribution in [3.8, 4) is 0 Å². The van der Waals surface area contributed by atoms with Gasteiger partial charge in [-0.3, -0.25) is 19.2 Å². The van der Waals surface area contributed by atoms with Crippen LogP contribution in [0.4, 0.5) is 0 Å². The lowest BCUT2D eigenvalue weighted by atomic mass is 10.2. The van der Waals surface area contributed by atoms with E-state index < -0.39 is 36.0 Å². The molecule has 0 aromatic carbocycles. The number of aliphatic carboxylic acids is 4. The fraction of sp³-hybridized carbons (Fsp3) is 0.600. The average molecular weight is 328 g/mol. The van der Waals surface area contributed by atoms with E-state index in [2.05, 4.69) is 0 Å². The lowest BCUT2D eigenvalue weighted by molar-refractivity contribution is -0.141. The smallest absolute Gasteiger partial charge is 0.320 e. The number of carbonyl (C=O) groups is 4. The van der Waals surface area contributed by atoms with Crippen LogP contribution in [-0.4, -0.2) is 56.4 Å². The van der Waals surface area contributed by atoms with E-state index in [0.29, 0.717) is 0 Å². The minimum Gasteiger partial charge on any atom is -0.481 e. The largest absolute Gasteiger partial charge is 0.481 e. The lowest BCUT2D eigenvalue weighted by Crippen LogP contribution is -2.30. The van der Waals surface area contributed by atoms with E-state index in [0.717, 1.165) is 0 Å². The molecule has 0 aromatic rings. The number of carboxylic acids is 4. The summed E-state index contributed by atoms with van der Waals surface area (Å²) in [6, 6.07) is -2.12. The number of rotatable bonds is 8. The van der Waals surface area contributed by atoms with Gasteiger partial charge in [-0.2, -0.15) is 0 Å². The zero-order valence-electron chi connectivity index (χ0n) is 12.0. The molecule has 12 nitrogen and oxygen atoms in total. The summed E-state index contributed by atoms with van der Waals surface area (Å²) in [5.74, 6) is -4.39. The fourth-order valence-corrected chi connectivity index (χ4v) is 0.805. The third-order valence-corrected chi connectivity index (χ3v) is 1.97. The molecule has 2 atom stereocenters. The van der Waals surface area contributed by atoms with Crippen molar-refractivity contribution < 1.29 is 39.6 Å². The molecule has 0 bridgehead atoms. The summed E-state index contributed by atoms with van der Waals surface area (Å²) in [7, 11) is 0. The van der Waals surface area contributed by atoms with Crippen LogP contribution in [0.5, 0.6) is 0 Å². The molecule has 132 valence electrons. The topological polar surface area (TPSA) is 271 Å². The maximum absolute atomic E-state index is 9.99. The number of carboxylic acid groups (broad SMARTS) is 4. The molecule has 0 rings (SSSR count). The van der Waals surface area contributed by atoms with E-state index >= 15 is 0 Å². The van der Waals surface area contributed by atoms with Crippen LogP contribution in [0.15, 0.2) is 0 Å². The molecule has 0 heterocycles. The first-order valence-electron chi connectivity index (χ1n) is 5.48. The van der Waals surface area contributed by atoms with Gasteiger partial charge in [0.15, 0.2) is 0 Å². The predicted octanol–water partition coefficient (Wildman–Crippen LogP) is -1.15. The standard InChI is InChI=1S/2C5H9NO4.2H3N/c2*6-3(5(9)10)1-2-4(7)8;;/h2*3H,1-2,6H2,(H,7,8)(H,9,10);2*1H3/t2*3-;;/m00../s1. The molecule has 0 saturated heterocycles. The molecule has 0 unspecified atom stereocenters. The van der Waals surface area contributed by atoms with Gasteiger partial charge in [0.25, 0.3) is 0 Å². The predicted molar refractivity (Wildman–Crippen MR) is 75.0 cm³/mol. The summed E-state index contributed by atoms with van der Waals surface area (Å²) in [5, 5.41) is 32.5. The van der Waals surface area contributed by atoms with E-state index in [1.165, 1.54) is 0 Å². The van der Waals surface area contributed by atoms with Crippen molar-refractivity contribution in [1.82, 2.24) is 12.3 Å². The van der Waals surface area contributed by atoms with Crippen LogP contribution in [0.2, 0.25) is 0 Å². The van der Waals surface area contributed by atoms with Crippen molar-refractivity contribution in [1.29, 1.82) is 0 Å². The van der Waals surface area contributed by atoms with Crippen LogP contribution >= 0.6 is 0 Å². The molecule has 22 heavy (non-hydrogen) atoms. The second-order valence-electron chi connectivity index (χ2n) is 3.75. The summed E-state index contributed by atoms with van der Waals surface area (Å²) in [6.45, 7) is 0. The second kappa shape index (κ2) is 15.1. The maximum Gasteiger partial charge on any atom is 0.320 e. The lowest BCUT2D eigenvalue weighted by Gasteiger charge is -2.01. The van der Waals surface area contributed by atoms with Gasteiger partial charge in [-0.1, -0.05) is 0 Å². The Morgan fingerprint density at radius 1 is 0.682 bits per heavy atom. The van der Waals surface area contributed by atoms with Crippen LogP contribution in [-0.2, 0) is 19.2 Å². The highest BCUT2D eigenvalue weighted by atomic mass is 16.4. The first-order chi connectivity index (χ1) is 9.07. The highest BCUT2D eigenvalue weighted by Gasteiger charge is 2.12. The van der Waals surface area contributed by atoms with Crippen molar-refractivity contribution in [3.63, 3.8) is 0 Å². The van der Waals surface area contributed by atoms with Crippen LogP contribution in [0, 0.1) is 0 Å². The van der Waals surface area contributed by atoms with Gasteiger partial charge in [0.05, 0.1) is 0 Å². The Morgan fingerprint density at radius 2 is 0.909 bits per heavy atom. The van der Waals surface area contributed by atoms with Gasteiger partial charge >= 0.3 is 23.9 Å². The minimum atomic E-state index is -1.17. The van der Waals surface area contributed by atoms with Crippen molar-refractivity contribution >= 4 is 23.9 Å². The Hall–Kier alpha value is -2.28. The van der Waals surface area contributed by atoms with Crippen LogP contribution in [0.25, 0.3) is 0 Å². The van der Waals surface area contributed by atoms with Gasteiger partial charge in [0.1, 0.15) is 12.1 Å². The van der Waals surface area contributed by atoms with Crippen LogP contribution < -0.4 is 23.8 Å². The Kier molecular flexibility index (Phi) is 19.2. The first kappa shape index (κ1) is 28.0. The van der Waals surface area contributed by atoms with E-state index in [1.54, 1.807) is 0 Å². The Morgan fingerprint density at radius 3 is 1.05 bits per heavy atom. The zero-order chi connectivity index (χ0) is 16.3. The third kappa shape index (κ3) is 20.0. The van der Waals surface area contributed by atoms with Crippen molar-refractivity contribution in [2.45, 2.75) is 37.8 Å². The molecule has 0 spiro atoms. The minimum absolute atomic E-state index is 0. The summed E-state index contributed by atoms with van der Waals surface area (Å²) in [4.78, 5) is 39.7. The monoisotopic (exact) mass is 328 g/mol. The SMILES string of the molecule is N.N.N[C@@H](CCC(=O)O)C(=O)O.N[C@@H](CCC(=O)O)C(=O)O. The summed E-state index contributed by atoms with van der Waals surface area (Å²) < 4.78 is 0. The van der Waals surface area contributed by atoms with Crippen LogP contribution in [0.1, 0.15) is 25.7 Å². The molecule has 0 fully saturated rings. The molecule has 0 aliphatic heterocycles. The fourth-order valence-electron chi connectivity index (χ4n) is 0.805. The maximum atomic E-state index is 9.99. The summed E-state index contributed by atoms with van der Waals surface area (Å²) >= 11 is 0. The van der Waals surface area contributed by atoms with Crippen molar-refractivity contribution in [3.05, 3.63) is 0 Å². The van der Waals surface area contributed by atoms with Crippen molar-refractivity contribution in [2.24, 2.45) is 11.5 Å². The molecule has 0 aromatic heterocycles. The number of nitrogens with two attached hydrogens (primary N) is 2. The number of hydrogen-bond acceptors (Lipinski definition) is 8. The zero-order valence-corrected chi connectivity index (χ0v) is 12.0. The Balaban J connectivity index is -0.000000135. The van der Waals surface area contributed by atoms with Gasteiger partial charge in [-0.25, -0.2) is 0 Å². The Bertz CT molecular complexity index is 329. The molecule has 0 saturated carbocycles. The first-order valence-corrected chi connectivity index (χ1v) is 5.48. The van der Waals surface area contributed by atoms with E-state index in [1.807, 2.05) is 0 Å². The summed E-state index contributed by atoms with van der Waals surface area (Å²) in [6.07, 6.45) is -0.448. The average Bonchev–Trinajstić information content (AvgIpc) is 2.33. The molecular formula is C10H24N4O8. The third-order valence-electron chi connectivity index (χ3n) is 1.97. The highest BCUT2D eigenvalue weighted by Crippen LogP contribution is 1.94. The molecular weight excluding hydrogens is 304 g/mol. The second-order valence-corrected chi connectivity index (χ2v) is 3.75. The van der Waals surface area contributed by atoms with Gasteiger partial charge in [-0.05, 0) is 12.8 Å². The Labute approximate surface area is 126 Å². The quantitative estimate of drug-likeness (QED) is 0.262.